The van der Waals surface area contributed by atoms with Gasteiger partial charge in [0.2, 0.25) is 0 Å². The van der Waals surface area contributed by atoms with Crippen LogP contribution in [0.5, 0.6) is 0 Å². The molecule has 2 N–H and O–H groups in total. The summed E-state index contributed by atoms with van der Waals surface area (Å²) in [6, 6.07) is 14.8. The van der Waals surface area contributed by atoms with E-state index in [1.807, 2.05) is 0 Å². The fourth-order valence-corrected chi connectivity index (χ4v) is 3.79. The second-order valence-corrected chi connectivity index (χ2v) is 7.08. The molecule has 0 bridgehead atoms. The van der Waals surface area contributed by atoms with Crippen LogP contribution in [0.25, 0.3) is 0 Å². The smallest absolute Gasteiger partial charge is 0.194 e. The Bertz CT molecular complexity index is 709. The van der Waals surface area contributed by atoms with E-state index in [1.165, 1.54) is 5.56 Å². The lowest BCUT2D eigenvalue weighted by atomic mass is 10.0. The van der Waals surface area contributed by atoms with E-state index in [1.54, 1.807) is 18.4 Å². The normalized spacial score (nSPS) is 18.1. The molecule has 2 aromatic rings. The maximum absolute atomic E-state index is 10.2. The number of rotatable bonds is 7. The lowest BCUT2D eigenvalue weighted by Gasteiger charge is -2.40. The summed E-state index contributed by atoms with van der Waals surface area (Å²) in [5, 5.41) is 13.6. The molecule has 0 saturated carbocycles. The Morgan fingerprint density at radius 3 is 2.46 bits per heavy atom. The largest absolute Gasteiger partial charge is 0.467 e. The minimum Gasteiger partial charge on any atom is -0.467 e. The van der Waals surface area contributed by atoms with E-state index >= 15 is 0 Å². The lowest BCUT2D eigenvalue weighted by molar-refractivity contribution is 0.126. The molecular weight excluding hydrogens is 352 g/mol. The first kappa shape index (κ1) is 20.4. The molecule has 1 aromatic heterocycles. The van der Waals surface area contributed by atoms with E-state index in [4.69, 9.17) is 4.42 Å². The summed E-state index contributed by atoms with van der Waals surface area (Å²) >= 11 is 0. The summed E-state index contributed by atoms with van der Waals surface area (Å²) in [5.74, 6) is 1.42. The number of guanidine groups is 1. The standard InChI is InChI=1S/C22H32N4O2/c1-3-19(18-9-6-5-7-10-18)25-12-14-26(15-13-25)22(23-4-2)24-17-20(27)21-11-8-16-28-21/h5-11,16,19-20,27H,3-4,12-15,17H2,1-2H3,(H,23,24). The van der Waals surface area contributed by atoms with E-state index in [-0.39, 0.29) is 6.54 Å². The third kappa shape index (κ3) is 5.14. The van der Waals surface area contributed by atoms with Crippen LogP contribution in [0.15, 0.2) is 58.1 Å². The highest BCUT2D eigenvalue weighted by molar-refractivity contribution is 5.80. The molecule has 2 unspecified atom stereocenters. The van der Waals surface area contributed by atoms with Gasteiger partial charge in [-0.05, 0) is 31.0 Å². The number of aliphatic imine (C=N–C) groups is 1. The van der Waals surface area contributed by atoms with Gasteiger partial charge in [0, 0.05) is 38.8 Å². The zero-order chi connectivity index (χ0) is 19.8. The molecule has 6 nitrogen and oxygen atoms in total. The zero-order valence-corrected chi connectivity index (χ0v) is 16.9. The van der Waals surface area contributed by atoms with Crippen LogP contribution in [-0.2, 0) is 0 Å². The van der Waals surface area contributed by atoms with Crippen molar-refractivity contribution in [1.29, 1.82) is 0 Å². The molecule has 1 aliphatic heterocycles. The first-order valence-electron chi connectivity index (χ1n) is 10.3. The average Bonchev–Trinajstić information content (AvgIpc) is 3.28. The van der Waals surface area contributed by atoms with Crippen LogP contribution in [0.3, 0.4) is 0 Å². The summed E-state index contributed by atoms with van der Waals surface area (Å²) in [5.41, 5.74) is 1.39. The number of nitrogens with zero attached hydrogens (tertiary/aromatic N) is 3. The molecule has 152 valence electrons. The van der Waals surface area contributed by atoms with Crippen molar-refractivity contribution >= 4 is 5.96 Å². The molecule has 0 radical (unpaired) electrons. The van der Waals surface area contributed by atoms with Crippen molar-refractivity contribution < 1.29 is 9.52 Å². The van der Waals surface area contributed by atoms with Gasteiger partial charge < -0.3 is 19.7 Å². The maximum Gasteiger partial charge on any atom is 0.194 e. The highest BCUT2D eigenvalue weighted by atomic mass is 16.4. The van der Waals surface area contributed by atoms with Crippen molar-refractivity contribution in [3.05, 3.63) is 60.1 Å². The molecule has 1 aromatic carbocycles. The summed E-state index contributed by atoms with van der Waals surface area (Å²) in [6.45, 7) is 9.26. The maximum atomic E-state index is 10.2. The molecule has 6 heteroatoms. The molecule has 28 heavy (non-hydrogen) atoms. The van der Waals surface area contributed by atoms with Crippen LogP contribution in [0.4, 0.5) is 0 Å². The van der Waals surface area contributed by atoms with Crippen molar-refractivity contribution in [1.82, 2.24) is 15.1 Å². The average molecular weight is 385 g/mol. The predicted octanol–water partition coefficient (Wildman–Crippen LogP) is 3.05. The van der Waals surface area contributed by atoms with E-state index in [2.05, 4.69) is 64.3 Å². The Morgan fingerprint density at radius 2 is 1.86 bits per heavy atom. The van der Waals surface area contributed by atoms with Crippen molar-refractivity contribution in [3.8, 4) is 0 Å². The van der Waals surface area contributed by atoms with Gasteiger partial charge in [0.25, 0.3) is 0 Å². The van der Waals surface area contributed by atoms with E-state index in [0.717, 1.165) is 45.1 Å². The Labute approximate surface area is 167 Å². The molecule has 1 saturated heterocycles. The van der Waals surface area contributed by atoms with Crippen molar-refractivity contribution in [2.24, 2.45) is 4.99 Å². The van der Waals surface area contributed by atoms with Gasteiger partial charge in [-0.1, -0.05) is 37.3 Å². The molecule has 0 spiro atoms. The zero-order valence-electron chi connectivity index (χ0n) is 16.9. The summed E-state index contributed by atoms with van der Waals surface area (Å²) in [6.07, 6.45) is 1.96. The second kappa shape index (κ2) is 10.3. The number of hydrogen-bond donors (Lipinski definition) is 2. The topological polar surface area (TPSA) is 64.2 Å². The van der Waals surface area contributed by atoms with Gasteiger partial charge in [-0.2, -0.15) is 0 Å². The van der Waals surface area contributed by atoms with Crippen molar-refractivity contribution in [2.75, 3.05) is 39.3 Å². The third-order valence-electron chi connectivity index (χ3n) is 5.25. The SMILES string of the molecule is CCNC(=NCC(O)c1ccco1)N1CCN(C(CC)c2ccccc2)CC1. The number of furan rings is 1. The second-order valence-electron chi connectivity index (χ2n) is 7.08. The Kier molecular flexibility index (Phi) is 7.51. The van der Waals surface area contributed by atoms with Gasteiger partial charge in [-0.25, -0.2) is 4.99 Å². The monoisotopic (exact) mass is 384 g/mol. The number of aliphatic hydroxyl groups excluding tert-OH is 1. The number of hydrogen-bond acceptors (Lipinski definition) is 4. The molecule has 2 heterocycles. The summed E-state index contributed by atoms with van der Waals surface area (Å²) < 4.78 is 5.27. The van der Waals surface area contributed by atoms with Crippen molar-refractivity contribution in [2.45, 2.75) is 32.4 Å². The van der Waals surface area contributed by atoms with Gasteiger partial charge in [-0.3, -0.25) is 4.90 Å². The van der Waals surface area contributed by atoms with Gasteiger partial charge in [0.15, 0.2) is 5.96 Å². The number of aliphatic hydroxyl groups is 1. The molecule has 1 aliphatic rings. The Morgan fingerprint density at radius 1 is 1.11 bits per heavy atom. The summed E-state index contributed by atoms with van der Waals surface area (Å²) in [7, 11) is 0. The minimum absolute atomic E-state index is 0.289. The molecule has 0 aliphatic carbocycles. The van der Waals surface area contributed by atoms with Gasteiger partial charge in [-0.15, -0.1) is 0 Å². The van der Waals surface area contributed by atoms with Crippen molar-refractivity contribution in [3.63, 3.8) is 0 Å². The fraction of sp³-hybridized carbons (Fsp3) is 0.500. The van der Waals surface area contributed by atoms with Crippen LogP contribution < -0.4 is 5.32 Å². The summed E-state index contributed by atoms with van der Waals surface area (Å²) in [4.78, 5) is 9.49. The van der Waals surface area contributed by atoms with Crippen LogP contribution >= 0.6 is 0 Å². The Balaban J connectivity index is 1.59. The van der Waals surface area contributed by atoms with E-state index in [0.29, 0.717) is 11.8 Å². The lowest BCUT2D eigenvalue weighted by Crippen LogP contribution is -2.53. The quantitative estimate of drug-likeness (QED) is 0.567. The first-order valence-corrected chi connectivity index (χ1v) is 10.3. The molecule has 2 atom stereocenters. The third-order valence-corrected chi connectivity index (χ3v) is 5.25. The first-order chi connectivity index (χ1) is 13.7. The predicted molar refractivity (Wildman–Crippen MR) is 112 cm³/mol. The highest BCUT2D eigenvalue weighted by Crippen LogP contribution is 2.25. The van der Waals surface area contributed by atoms with Crippen LogP contribution in [0.1, 0.15) is 43.7 Å². The van der Waals surface area contributed by atoms with Gasteiger partial charge in [0.1, 0.15) is 11.9 Å². The van der Waals surface area contributed by atoms with E-state index in [9.17, 15) is 5.11 Å². The molecular formula is C22H32N4O2. The number of nitrogens with one attached hydrogen (secondary N) is 1. The van der Waals surface area contributed by atoms with Gasteiger partial charge in [0.05, 0.1) is 12.8 Å². The fourth-order valence-electron chi connectivity index (χ4n) is 3.79. The number of piperazine rings is 1. The van der Waals surface area contributed by atoms with Crippen LogP contribution in [0, 0.1) is 0 Å². The van der Waals surface area contributed by atoms with Crippen LogP contribution in [-0.4, -0.2) is 60.1 Å². The minimum atomic E-state index is -0.715. The number of benzene rings is 1. The van der Waals surface area contributed by atoms with E-state index < -0.39 is 6.10 Å². The molecule has 3 rings (SSSR count). The van der Waals surface area contributed by atoms with Gasteiger partial charge >= 0.3 is 0 Å². The van der Waals surface area contributed by atoms with Crippen LogP contribution in [0.2, 0.25) is 0 Å². The highest BCUT2D eigenvalue weighted by Gasteiger charge is 2.25. The Hall–Kier alpha value is -2.31. The molecule has 0 amide bonds. The molecule has 1 fully saturated rings.